The molecule has 1 heterocycles. The highest BCUT2D eigenvalue weighted by molar-refractivity contribution is 9.10. The summed E-state index contributed by atoms with van der Waals surface area (Å²) in [5, 5.41) is 0. The highest BCUT2D eigenvalue weighted by Crippen LogP contribution is 2.29. The molecule has 0 unspecified atom stereocenters. The molecule has 16 heavy (non-hydrogen) atoms. The lowest BCUT2D eigenvalue weighted by Gasteiger charge is -2.19. The molecule has 2 aromatic rings. The van der Waals surface area contributed by atoms with Crippen LogP contribution >= 0.6 is 15.9 Å². The number of hydrogen-bond acceptors (Lipinski definition) is 3. The number of nitrogens with zero attached hydrogens (tertiary/aromatic N) is 2. The summed E-state index contributed by atoms with van der Waals surface area (Å²) in [4.78, 5) is 6.31. The molecule has 2 rings (SSSR count). The van der Waals surface area contributed by atoms with Crippen LogP contribution in [0.25, 0.3) is 0 Å². The molecule has 0 aliphatic rings. The van der Waals surface area contributed by atoms with Crippen molar-refractivity contribution in [1.29, 1.82) is 0 Å². The smallest absolute Gasteiger partial charge is 0.147 e. The molecule has 0 fully saturated rings. The molecular weight excluding hydrogens is 266 g/mol. The zero-order valence-electron chi connectivity index (χ0n) is 8.89. The van der Waals surface area contributed by atoms with E-state index in [2.05, 4.69) is 20.9 Å². The molecule has 82 valence electrons. The van der Waals surface area contributed by atoms with Gasteiger partial charge in [0.2, 0.25) is 0 Å². The number of para-hydroxylation sites is 1. The van der Waals surface area contributed by atoms with Crippen LogP contribution in [0.4, 0.5) is 17.2 Å². The summed E-state index contributed by atoms with van der Waals surface area (Å²) >= 11 is 3.46. The lowest BCUT2D eigenvalue weighted by Crippen LogP contribution is -2.11. The molecule has 0 saturated carbocycles. The summed E-state index contributed by atoms with van der Waals surface area (Å²) in [5.74, 6) is 0.848. The summed E-state index contributed by atoms with van der Waals surface area (Å²) in [5.41, 5.74) is 7.39. The van der Waals surface area contributed by atoms with Crippen molar-refractivity contribution in [3.63, 3.8) is 0 Å². The highest BCUT2D eigenvalue weighted by atomic mass is 79.9. The van der Waals surface area contributed by atoms with E-state index in [1.165, 1.54) is 0 Å². The van der Waals surface area contributed by atoms with E-state index in [0.717, 1.165) is 16.0 Å². The minimum absolute atomic E-state index is 0.650. The number of nitrogen functional groups attached to an aromatic ring is 1. The molecule has 0 aliphatic heterocycles. The molecule has 0 saturated heterocycles. The average Bonchev–Trinajstić information content (AvgIpc) is 2.29. The van der Waals surface area contributed by atoms with Gasteiger partial charge >= 0.3 is 0 Å². The second kappa shape index (κ2) is 4.53. The van der Waals surface area contributed by atoms with Gasteiger partial charge in [0.1, 0.15) is 5.82 Å². The fourth-order valence-corrected chi connectivity index (χ4v) is 2.10. The summed E-state index contributed by atoms with van der Waals surface area (Å²) in [7, 11) is 1.97. The molecule has 0 atom stereocenters. The zero-order valence-corrected chi connectivity index (χ0v) is 10.5. The van der Waals surface area contributed by atoms with Crippen LogP contribution in [0.15, 0.2) is 47.1 Å². The van der Waals surface area contributed by atoms with Gasteiger partial charge in [-0.05, 0) is 34.1 Å². The highest BCUT2D eigenvalue weighted by Gasteiger charge is 2.08. The second-order valence-corrected chi connectivity index (χ2v) is 4.32. The molecule has 2 N–H and O–H groups in total. The second-order valence-electron chi connectivity index (χ2n) is 3.47. The van der Waals surface area contributed by atoms with E-state index in [9.17, 15) is 0 Å². The minimum atomic E-state index is 0.650. The van der Waals surface area contributed by atoms with Crippen molar-refractivity contribution in [2.24, 2.45) is 0 Å². The number of anilines is 3. The number of hydrogen-bond donors (Lipinski definition) is 1. The Hall–Kier alpha value is -1.55. The lowest BCUT2D eigenvalue weighted by molar-refractivity contribution is 1.12. The van der Waals surface area contributed by atoms with Crippen molar-refractivity contribution in [3.8, 4) is 0 Å². The van der Waals surface area contributed by atoms with Crippen LogP contribution < -0.4 is 10.6 Å². The van der Waals surface area contributed by atoms with E-state index in [-0.39, 0.29) is 0 Å². The Balaban J connectivity index is 2.38. The largest absolute Gasteiger partial charge is 0.397 e. The van der Waals surface area contributed by atoms with Gasteiger partial charge in [0.25, 0.3) is 0 Å². The Morgan fingerprint density at radius 1 is 1.25 bits per heavy atom. The van der Waals surface area contributed by atoms with Crippen LogP contribution in [-0.4, -0.2) is 12.0 Å². The predicted molar refractivity (Wildman–Crippen MR) is 70.9 cm³/mol. The Labute approximate surface area is 103 Å². The van der Waals surface area contributed by atoms with E-state index in [4.69, 9.17) is 5.73 Å². The first-order chi connectivity index (χ1) is 7.68. The Morgan fingerprint density at radius 3 is 2.56 bits per heavy atom. The van der Waals surface area contributed by atoms with Crippen LogP contribution in [0.2, 0.25) is 0 Å². The molecule has 1 aromatic heterocycles. The van der Waals surface area contributed by atoms with Gasteiger partial charge < -0.3 is 10.6 Å². The Kier molecular flexibility index (Phi) is 3.10. The van der Waals surface area contributed by atoms with E-state index in [0.29, 0.717) is 5.69 Å². The predicted octanol–water partition coefficient (Wildman–Crippen LogP) is 3.19. The van der Waals surface area contributed by atoms with Gasteiger partial charge in [0, 0.05) is 12.7 Å². The molecular formula is C12H12BrN3. The molecule has 1 aromatic carbocycles. The number of benzene rings is 1. The van der Waals surface area contributed by atoms with Crippen LogP contribution in [-0.2, 0) is 0 Å². The topological polar surface area (TPSA) is 42.2 Å². The first kappa shape index (κ1) is 11.0. The zero-order chi connectivity index (χ0) is 11.5. The van der Waals surface area contributed by atoms with Crippen molar-refractivity contribution >= 4 is 33.1 Å². The lowest BCUT2D eigenvalue weighted by atomic mass is 10.3. The maximum atomic E-state index is 5.66. The maximum absolute atomic E-state index is 5.66. The Morgan fingerprint density at radius 2 is 1.94 bits per heavy atom. The molecule has 0 aliphatic carbocycles. The van der Waals surface area contributed by atoms with Gasteiger partial charge in [-0.3, -0.25) is 0 Å². The summed E-state index contributed by atoms with van der Waals surface area (Å²) in [6, 6.07) is 11.9. The minimum Gasteiger partial charge on any atom is -0.397 e. The van der Waals surface area contributed by atoms with E-state index >= 15 is 0 Å². The normalized spacial score (nSPS) is 10.1. The Bertz CT molecular complexity index is 485. The molecule has 0 amide bonds. The number of nitrogens with two attached hydrogens (primary N) is 1. The van der Waals surface area contributed by atoms with Crippen molar-refractivity contribution in [2.75, 3.05) is 17.7 Å². The summed E-state index contributed by atoms with van der Waals surface area (Å²) in [6.07, 6.45) is 1.65. The fourth-order valence-electron chi connectivity index (χ4n) is 1.47. The van der Waals surface area contributed by atoms with Crippen molar-refractivity contribution in [2.45, 2.75) is 0 Å². The van der Waals surface area contributed by atoms with Crippen molar-refractivity contribution in [1.82, 2.24) is 4.98 Å². The van der Waals surface area contributed by atoms with E-state index in [1.807, 2.05) is 48.3 Å². The monoisotopic (exact) mass is 277 g/mol. The maximum Gasteiger partial charge on any atom is 0.147 e. The SMILES string of the molecule is CN(c1ccccc1)c1ncc(N)cc1Br. The number of pyridine rings is 1. The van der Waals surface area contributed by atoms with Crippen molar-refractivity contribution in [3.05, 3.63) is 47.1 Å². The third-order valence-corrected chi connectivity index (χ3v) is 2.89. The van der Waals surface area contributed by atoms with Crippen LogP contribution in [0.1, 0.15) is 0 Å². The van der Waals surface area contributed by atoms with Gasteiger partial charge in [0.15, 0.2) is 0 Å². The molecule has 0 bridgehead atoms. The molecule has 4 heteroatoms. The average molecular weight is 278 g/mol. The molecule has 0 spiro atoms. The van der Waals surface area contributed by atoms with Gasteiger partial charge in [0.05, 0.1) is 16.4 Å². The fraction of sp³-hybridized carbons (Fsp3) is 0.0833. The third kappa shape index (κ3) is 2.17. The van der Waals surface area contributed by atoms with Gasteiger partial charge in [-0.15, -0.1) is 0 Å². The standard InChI is InChI=1S/C12H12BrN3/c1-16(10-5-3-2-4-6-10)12-11(13)7-9(14)8-15-12/h2-8H,14H2,1H3. The van der Waals surface area contributed by atoms with Gasteiger partial charge in [-0.2, -0.15) is 0 Å². The quantitative estimate of drug-likeness (QED) is 0.917. The number of aromatic nitrogens is 1. The number of halogens is 1. The van der Waals surface area contributed by atoms with Gasteiger partial charge in [-0.25, -0.2) is 4.98 Å². The first-order valence-corrected chi connectivity index (χ1v) is 5.67. The molecule has 0 radical (unpaired) electrons. The van der Waals surface area contributed by atoms with E-state index < -0.39 is 0 Å². The van der Waals surface area contributed by atoms with Crippen LogP contribution in [0, 0.1) is 0 Å². The third-order valence-electron chi connectivity index (χ3n) is 2.30. The summed E-state index contributed by atoms with van der Waals surface area (Å²) < 4.78 is 0.888. The first-order valence-electron chi connectivity index (χ1n) is 4.88. The van der Waals surface area contributed by atoms with Crippen LogP contribution in [0.5, 0.6) is 0 Å². The van der Waals surface area contributed by atoms with Crippen LogP contribution in [0.3, 0.4) is 0 Å². The summed E-state index contributed by atoms with van der Waals surface area (Å²) in [6.45, 7) is 0. The van der Waals surface area contributed by atoms with E-state index in [1.54, 1.807) is 6.20 Å². The molecule has 3 nitrogen and oxygen atoms in total. The van der Waals surface area contributed by atoms with Gasteiger partial charge in [-0.1, -0.05) is 18.2 Å². The van der Waals surface area contributed by atoms with Crippen molar-refractivity contribution < 1.29 is 0 Å². The number of rotatable bonds is 2.